The van der Waals surface area contributed by atoms with Crippen LogP contribution in [0.25, 0.3) is 23.6 Å². The predicted molar refractivity (Wildman–Crippen MR) is 103 cm³/mol. The van der Waals surface area contributed by atoms with Crippen molar-refractivity contribution in [2.45, 2.75) is 12.8 Å². The minimum Gasteiger partial charge on any atom is -0.487 e. The molecule has 0 aliphatic carbocycles. The van der Waals surface area contributed by atoms with Gasteiger partial charge in [-0.3, -0.25) is 0 Å². The number of hydrogen-bond acceptors (Lipinski definition) is 5. The topological polar surface area (TPSA) is 61.3 Å². The molecular weight excluding hydrogens is 397 g/mol. The van der Waals surface area contributed by atoms with Gasteiger partial charge in [0.25, 0.3) is 0 Å². The quantitative estimate of drug-likeness (QED) is 0.383. The Balaban J connectivity index is 1.33. The Morgan fingerprint density at radius 3 is 2.37 bits per heavy atom. The normalized spacial score (nSPS) is 11.8. The average molecular weight is 412 g/mol. The van der Waals surface area contributed by atoms with Crippen molar-refractivity contribution >= 4 is 12.2 Å². The number of oxazole rings is 2. The van der Waals surface area contributed by atoms with E-state index in [-0.39, 0.29) is 6.61 Å². The fourth-order valence-corrected chi connectivity index (χ4v) is 2.63. The number of halogens is 3. The van der Waals surface area contributed by atoms with Crippen molar-refractivity contribution in [1.82, 2.24) is 9.97 Å². The smallest absolute Gasteiger partial charge is 0.416 e. The molecule has 4 aromatic rings. The summed E-state index contributed by atoms with van der Waals surface area (Å²) in [7, 11) is 0. The van der Waals surface area contributed by atoms with E-state index in [1.54, 1.807) is 30.5 Å². The average Bonchev–Trinajstić information content (AvgIpc) is 3.43. The largest absolute Gasteiger partial charge is 0.487 e. The first-order valence-electron chi connectivity index (χ1n) is 8.90. The van der Waals surface area contributed by atoms with Crippen LogP contribution in [0.15, 0.2) is 76.1 Å². The third kappa shape index (κ3) is 4.78. The molecule has 0 saturated heterocycles. The molecule has 0 radical (unpaired) electrons. The second-order valence-corrected chi connectivity index (χ2v) is 6.28. The monoisotopic (exact) mass is 412 g/mol. The Morgan fingerprint density at radius 1 is 0.933 bits per heavy atom. The van der Waals surface area contributed by atoms with Crippen LogP contribution < -0.4 is 4.74 Å². The molecule has 0 unspecified atom stereocenters. The lowest BCUT2D eigenvalue weighted by Crippen LogP contribution is -2.03. The van der Waals surface area contributed by atoms with E-state index in [4.69, 9.17) is 13.6 Å². The van der Waals surface area contributed by atoms with Gasteiger partial charge in [0.05, 0.1) is 11.8 Å². The van der Waals surface area contributed by atoms with E-state index in [1.807, 2.05) is 12.1 Å². The Bertz CT molecular complexity index is 1110. The molecule has 0 spiro atoms. The highest BCUT2D eigenvalue weighted by atomic mass is 19.4. The van der Waals surface area contributed by atoms with Crippen molar-refractivity contribution in [2.75, 3.05) is 0 Å². The summed E-state index contributed by atoms with van der Waals surface area (Å²) in [6, 6.07) is 12.1. The Labute approximate surface area is 169 Å². The number of alkyl halides is 3. The standard InChI is InChI=1S/C22H15F3N2O3/c23-22(24,25)17-6-1-15(2-7-17)3-10-20-27-18(14-30-20)13-29-19-8-4-16(5-9-19)21-26-11-12-28-21/h1-12,14H,13H2/b10-3+. The van der Waals surface area contributed by atoms with Gasteiger partial charge in [-0.25, -0.2) is 9.97 Å². The number of aromatic nitrogens is 2. The van der Waals surface area contributed by atoms with E-state index in [2.05, 4.69) is 9.97 Å². The zero-order chi connectivity index (χ0) is 21.0. The van der Waals surface area contributed by atoms with Gasteiger partial charge >= 0.3 is 6.18 Å². The van der Waals surface area contributed by atoms with Gasteiger partial charge in [-0.2, -0.15) is 13.2 Å². The number of benzene rings is 2. The summed E-state index contributed by atoms with van der Waals surface area (Å²) in [5.74, 6) is 1.51. The third-order valence-corrected chi connectivity index (χ3v) is 4.15. The zero-order valence-corrected chi connectivity index (χ0v) is 15.5. The first-order chi connectivity index (χ1) is 14.5. The van der Waals surface area contributed by atoms with Gasteiger partial charge in [-0.15, -0.1) is 0 Å². The van der Waals surface area contributed by atoms with Crippen LogP contribution >= 0.6 is 0 Å². The van der Waals surface area contributed by atoms with Crippen LogP contribution in [0, 0.1) is 0 Å². The second-order valence-electron chi connectivity index (χ2n) is 6.28. The minimum absolute atomic E-state index is 0.204. The maximum absolute atomic E-state index is 12.6. The van der Waals surface area contributed by atoms with E-state index < -0.39 is 11.7 Å². The molecule has 0 atom stereocenters. The summed E-state index contributed by atoms with van der Waals surface area (Å²) in [5.41, 5.74) is 1.33. The number of ether oxygens (including phenoxy) is 1. The first-order valence-corrected chi connectivity index (χ1v) is 8.90. The fourth-order valence-electron chi connectivity index (χ4n) is 2.63. The maximum atomic E-state index is 12.6. The lowest BCUT2D eigenvalue weighted by Gasteiger charge is -2.05. The van der Waals surface area contributed by atoms with E-state index >= 15 is 0 Å². The van der Waals surface area contributed by atoms with Crippen LogP contribution in [-0.2, 0) is 12.8 Å². The maximum Gasteiger partial charge on any atom is 0.416 e. The van der Waals surface area contributed by atoms with E-state index in [0.717, 1.165) is 17.7 Å². The number of hydrogen-bond donors (Lipinski definition) is 0. The SMILES string of the molecule is FC(F)(F)c1ccc(/C=C/c2nc(COc3ccc(-c4ncco4)cc3)co2)cc1. The van der Waals surface area contributed by atoms with E-state index in [9.17, 15) is 13.2 Å². The van der Waals surface area contributed by atoms with E-state index in [1.165, 1.54) is 24.7 Å². The van der Waals surface area contributed by atoms with Crippen LogP contribution in [0.1, 0.15) is 22.7 Å². The fraction of sp³-hybridized carbons (Fsp3) is 0.0909. The van der Waals surface area contributed by atoms with Crippen molar-refractivity contribution < 1.29 is 26.7 Å². The summed E-state index contributed by atoms with van der Waals surface area (Å²) in [5, 5.41) is 0. The highest BCUT2D eigenvalue weighted by molar-refractivity contribution is 5.66. The Hall–Kier alpha value is -3.81. The molecule has 5 nitrogen and oxygen atoms in total. The molecule has 2 aromatic carbocycles. The molecule has 0 fully saturated rings. The van der Waals surface area contributed by atoms with Gasteiger partial charge in [-0.1, -0.05) is 12.1 Å². The van der Waals surface area contributed by atoms with Gasteiger partial charge in [0.2, 0.25) is 11.8 Å². The summed E-state index contributed by atoms with van der Waals surface area (Å²) in [4.78, 5) is 8.35. The molecule has 2 aromatic heterocycles. The van der Waals surface area contributed by atoms with Gasteiger partial charge < -0.3 is 13.6 Å². The van der Waals surface area contributed by atoms with Crippen LogP contribution in [0.4, 0.5) is 13.2 Å². The van der Waals surface area contributed by atoms with Crippen LogP contribution in [0.5, 0.6) is 5.75 Å². The zero-order valence-electron chi connectivity index (χ0n) is 15.5. The summed E-state index contributed by atoms with van der Waals surface area (Å²) in [6.07, 6.45) is 3.40. The van der Waals surface area contributed by atoms with Gasteiger partial charge in [0.15, 0.2) is 0 Å². The van der Waals surface area contributed by atoms with Gasteiger partial charge in [0, 0.05) is 11.6 Å². The minimum atomic E-state index is -4.35. The second kappa shape index (κ2) is 8.28. The molecule has 152 valence electrons. The molecular formula is C22H15F3N2O3. The molecule has 4 rings (SSSR count). The lowest BCUT2D eigenvalue weighted by atomic mass is 10.1. The molecule has 0 amide bonds. The number of rotatable bonds is 6. The summed E-state index contributed by atoms with van der Waals surface area (Å²) in [6.45, 7) is 0.204. The van der Waals surface area contributed by atoms with Crippen molar-refractivity contribution in [1.29, 1.82) is 0 Å². The van der Waals surface area contributed by atoms with Gasteiger partial charge in [0.1, 0.15) is 30.6 Å². The molecule has 0 aliphatic heterocycles. The molecule has 0 aliphatic rings. The van der Waals surface area contributed by atoms with Crippen LogP contribution in [0.2, 0.25) is 0 Å². The Kier molecular flexibility index (Phi) is 5.38. The Morgan fingerprint density at radius 2 is 1.70 bits per heavy atom. The highest BCUT2D eigenvalue weighted by Crippen LogP contribution is 2.29. The van der Waals surface area contributed by atoms with Crippen molar-refractivity contribution in [2.24, 2.45) is 0 Å². The molecule has 0 N–H and O–H groups in total. The van der Waals surface area contributed by atoms with Crippen LogP contribution in [-0.4, -0.2) is 9.97 Å². The third-order valence-electron chi connectivity index (χ3n) is 4.15. The lowest BCUT2D eigenvalue weighted by molar-refractivity contribution is -0.137. The van der Waals surface area contributed by atoms with Gasteiger partial charge in [-0.05, 0) is 48.0 Å². The molecule has 2 heterocycles. The molecule has 8 heteroatoms. The van der Waals surface area contributed by atoms with Crippen molar-refractivity contribution in [3.63, 3.8) is 0 Å². The molecule has 30 heavy (non-hydrogen) atoms. The highest BCUT2D eigenvalue weighted by Gasteiger charge is 2.29. The van der Waals surface area contributed by atoms with Crippen molar-refractivity contribution in [3.05, 3.63) is 90.0 Å². The first kappa shape index (κ1) is 19.5. The summed E-state index contributed by atoms with van der Waals surface area (Å²) >= 11 is 0. The summed E-state index contributed by atoms with van der Waals surface area (Å²) < 4.78 is 54.0. The van der Waals surface area contributed by atoms with E-state index in [0.29, 0.717) is 28.8 Å². The number of nitrogens with zero attached hydrogens (tertiary/aromatic N) is 2. The molecule has 0 bridgehead atoms. The predicted octanol–water partition coefficient (Wildman–Crippen LogP) is 6.10. The molecule has 0 saturated carbocycles. The van der Waals surface area contributed by atoms with Crippen LogP contribution in [0.3, 0.4) is 0 Å². The van der Waals surface area contributed by atoms with Crippen molar-refractivity contribution in [3.8, 4) is 17.2 Å².